The van der Waals surface area contributed by atoms with Crippen LogP contribution in [0.1, 0.15) is 6.04 Å². The fourth-order valence-electron chi connectivity index (χ4n) is 4.49. The molecule has 0 aliphatic carbocycles. The lowest BCUT2D eigenvalue weighted by molar-refractivity contribution is 0.0485. The number of rotatable bonds is 5. The van der Waals surface area contributed by atoms with Gasteiger partial charge in [-0.3, -0.25) is 0 Å². The first-order chi connectivity index (χ1) is 16.8. The van der Waals surface area contributed by atoms with Gasteiger partial charge in [0.25, 0.3) is 0 Å². The molecule has 6 rings (SSSR count). The van der Waals surface area contributed by atoms with Gasteiger partial charge < -0.3 is 33.7 Å². The van der Waals surface area contributed by atoms with Gasteiger partial charge in [-0.15, -0.1) is 0 Å². The van der Waals surface area contributed by atoms with E-state index in [2.05, 4.69) is 25.8 Å². The van der Waals surface area contributed by atoms with Crippen molar-refractivity contribution in [2.45, 2.75) is 24.3 Å². The van der Waals surface area contributed by atoms with Crippen molar-refractivity contribution in [3.8, 4) is 17.4 Å². The number of morpholine rings is 1. The number of ether oxygens (including phenoxy) is 4. The van der Waals surface area contributed by atoms with Gasteiger partial charge in [-0.25, -0.2) is 9.78 Å². The number of nitrogens with zero attached hydrogens (tertiary/aromatic N) is 7. The van der Waals surface area contributed by atoms with Gasteiger partial charge in [0.05, 0.1) is 38.8 Å². The molecule has 0 spiro atoms. The van der Waals surface area contributed by atoms with E-state index >= 15 is 0 Å². The number of hydrogen-bond acceptors (Lipinski definition) is 9. The van der Waals surface area contributed by atoms with Gasteiger partial charge in [0.2, 0.25) is 0 Å². The number of hydrogen-bond donors (Lipinski definition) is 1. The molecule has 13 heteroatoms. The van der Waals surface area contributed by atoms with Crippen molar-refractivity contribution in [3.63, 3.8) is 0 Å². The first-order valence-corrected chi connectivity index (χ1v) is 11.2. The fraction of sp³-hybridized carbons (Fsp3) is 0.476. The van der Waals surface area contributed by atoms with Crippen LogP contribution in [0.4, 0.5) is 4.79 Å². The van der Waals surface area contributed by atoms with Crippen molar-refractivity contribution in [1.82, 2.24) is 40.0 Å². The van der Waals surface area contributed by atoms with E-state index in [1.54, 1.807) is 22.1 Å². The Morgan fingerprint density at radius 2 is 1.91 bits per heavy atom. The van der Waals surface area contributed by atoms with Gasteiger partial charge >= 0.3 is 12.0 Å². The Morgan fingerprint density at radius 3 is 2.71 bits per heavy atom. The van der Waals surface area contributed by atoms with Crippen LogP contribution in [-0.4, -0.2) is 98.5 Å². The highest BCUT2D eigenvalue weighted by molar-refractivity contribution is 5.74. The topological polar surface area (TPSA) is 131 Å². The summed E-state index contributed by atoms with van der Waals surface area (Å²) >= 11 is 0. The van der Waals surface area contributed by atoms with Gasteiger partial charge in [-0.2, -0.15) is 4.68 Å². The lowest BCUT2D eigenvalue weighted by Crippen LogP contribution is -2.52. The van der Waals surface area contributed by atoms with Gasteiger partial charge in [-0.1, -0.05) is 5.10 Å². The van der Waals surface area contributed by atoms with Crippen LogP contribution in [0.2, 0.25) is 0 Å². The second-order valence-electron chi connectivity index (χ2n) is 8.29. The predicted octanol–water partition coefficient (Wildman–Crippen LogP) is 0.400. The smallest absolute Gasteiger partial charge is 0.341 e. The summed E-state index contributed by atoms with van der Waals surface area (Å²) in [6.07, 6.45) is 4.72. The average molecular weight is 468 g/mol. The fourth-order valence-corrected chi connectivity index (χ4v) is 4.49. The molecule has 3 aliphatic heterocycles. The van der Waals surface area contributed by atoms with Crippen molar-refractivity contribution in [3.05, 3.63) is 43.0 Å². The highest BCUT2D eigenvalue weighted by Gasteiger charge is 2.50. The summed E-state index contributed by atoms with van der Waals surface area (Å²) < 4.78 is 26.8. The van der Waals surface area contributed by atoms with E-state index in [0.29, 0.717) is 45.3 Å². The minimum absolute atomic E-state index is 0.129. The number of carbonyl (C=O) groups excluding carboxylic acids is 1. The Hall–Kier alpha value is -3.55. The predicted molar refractivity (Wildman–Crippen MR) is 115 cm³/mol. The van der Waals surface area contributed by atoms with E-state index in [1.807, 2.05) is 35.0 Å². The normalized spacial score (nSPS) is 26.4. The second-order valence-corrected chi connectivity index (χ2v) is 8.29. The van der Waals surface area contributed by atoms with E-state index in [-0.39, 0.29) is 36.3 Å². The van der Waals surface area contributed by atoms with E-state index in [4.69, 9.17) is 18.9 Å². The van der Waals surface area contributed by atoms with Crippen LogP contribution < -0.4 is 10.1 Å². The zero-order valence-electron chi connectivity index (χ0n) is 18.3. The van der Waals surface area contributed by atoms with Crippen LogP contribution in [0, 0.1) is 0 Å². The minimum atomic E-state index is -0.301. The minimum Gasteiger partial charge on any atom is -0.423 e. The highest BCUT2D eigenvalue weighted by Crippen LogP contribution is 2.36. The molecule has 178 valence electrons. The summed E-state index contributed by atoms with van der Waals surface area (Å²) in [4.78, 5) is 18.4. The quantitative estimate of drug-likeness (QED) is 0.565. The molecule has 5 heterocycles. The van der Waals surface area contributed by atoms with Gasteiger partial charge in [0.1, 0.15) is 24.0 Å². The number of nitrogens with one attached hydrogen (secondary N) is 1. The molecule has 3 saturated heterocycles. The first kappa shape index (κ1) is 21.0. The Morgan fingerprint density at radius 1 is 1.09 bits per heavy atom. The van der Waals surface area contributed by atoms with Crippen LogP contribution >= 0.6 is 0 Å². The summed E-state index contributed by atoms with van der Waals surface area (Å²) in [6.45, 7) is 2.95. The lowest BCUT2D eigenvalue weighted by Gasteiger charge is -2.29. The maximum Gasteiger partial charge on any atom is 0.341 e. The number of carbonyl (C=O) groups is 1. The average Bonchev–Trinajstić information content (AvgIpc) is 3.67. The molecule has 2 aromatic heterocycles. The van der Waals surface area contributed by atoms with Crippen LogP contribution in [0.25, 0.3) is 5.69 Å². The maximum atomic E-state index is 12.6. The molecule has 0 unspecified atom stereocenters. The molecule has 0 bridgehead atoms. The molecule has 34 heavy (non-hydrogen) atoms. The molecule has 3 aromatic rings. The summed E-state index contributed by atoms with van der Waals surface area (Å²) in [5, 5.41) is 15.0. The second kappa shape index (κ2) is 9.00. The van der Waals surface area contributed by atoms with Crippen LogP contribution in [0.3, 0.4) is 0 Å². The van der Waals surface area contributed by atoms with Crippen LogP contribution in [0.15, 0.2) is 43.0 Å². The summed E-state index contributed by atoms with van der Waals surface area (Å²) in [5.41, 5.74) is 0.959. The number of imidazole rings is 1. The molecular weight excluding hydrogens is 444 g/mol. The van der Waals surface area contributed by atoms with E-state index < -0.39 is 0 Å². The molecular formula is C21H24N8O5. The Labute approximate surface area is 194 Å². The first-order valence-electron chi connectivity index (χ1n) is 11.2. The Kier molecular flexibility index (Phi) is 5.57. The monoisotopic (exact) mass is 468 g/mol. The number of benzene rings is 1. The largest absolute Gasteiger partial charge is 0.423 e. The lowest BCUT2D eigenvalue weighted by atomic mass is 10.1. The molecule has 0 radical (unpaired) electrons. The Balaban J connectivity index is 1.11. The van der Waals surface area contributed by atoms with E-state index in [1.165, 1.54) is 0 Å². The molecule has 1 aromatic carbocycles. The van der Waals surface area contributed by atoms with Gasteiger partial charge in [0, 0.05) is 31.2 Å². The third-order valence-corrected chi connectivity index (χ3v) is 6.26. The third kappa shape index (κ3) is 3.97. The van der Waals surface area contributed by atoms with E-state index in [9.17, 15) is 4.79 Å². The zero-order valence-corrected chi connectivity index (χ0v) is 18.3. The molecule has 2 amide bonds. The van der Waals surface area contributed by atoms with Crippen LogP contribution in [0.5, 0.6) is 11.8 Å². The van der Waals surface area contributed by atoms with Gasteiger partial charge in [0.15, 0.2) is 0 Å². The standard InChI is InChI=1S/C21H24N8O5/c30-20(27-7-9-31-10-8-27)23-16-11-32-19-17(12-33-18(16)19)29-21(24-25-26-29)34-15-3-1-14(2-4-15)28-6-5-22-13-28/h1-6,13,16-19H,7-12H2,(H,23,30)/t16-,17+,18-,19+/m0/s1. The van der Waals surface area contributed by atoms with Crippen molar-refractivity contribution in [1.29, 1.82) is 0 Å². The van der Waals surface area contributed by atoms with Crippen molar-refractivity contribution < 1.29 is 23.7 Å². The number of aromatic nitrogens is 6. The summed E-state index contributed by atoms with van der Waals surface area (Å²) in [5.74, 6) is 0.596. The van der Waals surface area contributed by atoms with Crippen molar-refractivity contribution >= 4 is 6.03 Å². The highest BCUT2D eigenvalue weighted by atomic mass is 16.6. The molecule has 0 saturated carbocycles. The van der Waals surface area contributed by atoms with Gasteiger partial charge in [-0.05, 0) is 34.7 Å². The number of tetrazole rings is 1. The molecule has 13 nitrogen and oxygen atoms in total. The van der Waals surface area contributed by atoms with Crippen molar-refractivity contribution in [2.75, 3.05) is 39.5 Å². The van der Waals surface area contributed by atoms with Crippen molar-refractivity contribution in [2.24, 2.45) is 0 Å². The molecule has 3 aliphatic rings. The number of urea groups is 1. The van der Waals surface area contributed by atoms with E-state index in [0.717, 1.165) is 5.69 Å². The molecule has 3 fully saturated rings. The zero-order chi connectivity index (χ0) is 22.9. The number of amides is 2. The summed E-state index contributed by atoms with van der Waals surface area (Å²) in [7, 11) is 0. The SMILES string of the molecule is O=C(N[C@H]1CO[C@H]2[C@H]1OC[C@H]2n1nnnc1Oc1ccc(-n2ccnc2)cc1)N1CCOCC1. The number of fused-ring (bicyclic) bond motifs is 1. The Bertz CT molecular complexity index is 1110. The summed E-state index contributed by atoms with van der Waals surface area (Å²) in [6, 6.07) is 7.11. The molecule has 1 N–H and O–H groups in total. The third-order valence-electron chi connectivity index (χ3n) is 6.26. The van der Waals surface area contributed by atoms with Crippen LogP contribution in [-0.2, 0) is 14.2 Å². The molecule has 4 atom stereocenters. The maximum absolute atomic E-state index is 12.6.